The number of hydrogen-bond donors (Lipinski definition) is 1. The van der Waals surface area contributed by atoms with Crippen molar-refractivity contribution in [3.05, 3.63) is 77.5 Å². The highest BCUT2D eigenvalue weighted by Crippen LogP contribution is 2.30. The zero-order chi connectivity index (χ0) is 23.1. The van der Waals surface area contributed by atoms with Crippen molar-refractivity contribution in [2.75, 3.05) is 14.2 Å². The van der Waals surface area contributed by atoms with Gasteiger partial charge in [-0.05, 0) is 44.5 Å². The molecular formula is C25H31N3O4. The van der Waals surface area contributed by atoms with Crippen LogP contribution in [-0.4, -0.2) is 36.1 Å². The maximum absolute atomic E-state index is 12.3. The van der Waals surface area contributed by atoms with Crippen LogP contribution >= 0.6 is 0 Å². The van der Waals surface area contributed by atoms with E-state index >= 15 is 0 Å². The Labute approximate surface area is 189 Å². The van der Waals surface area contributed by atoms with Gasteiger partial charge in [-0.2, -0.15) is 0 Å². The summed E-state index contributed by atoms with van der Waals surface area (Å²) in [5.74, 6) is 1.77. The number of benzene rings is 2. The van der Waals surface area contributed by atoms with Crippen LogP contribution in [-0.2, 0) is 13.1 Å². The first-order chi connectivity index (χ1) is 15.4. The molecule has 0 radical (unpaired) electrons. The van der Waals surface area contributed by atoms with Gasteiger partial charge in [0, 0.05) is 24.2 Å². The topological polar surface area (TPSA) is 76.8 Å². The predicted molar refractivity (Wildman–Crippen MR) is 123 cm³/mol. The second-order valence-corrected chi connectivity index (χ2v) is 7.92. The Kier molecular flexibility index (Phi) is 7.89. The predicted octanol–water partition coefficient (Wildman–Crippen LogP) is 4.59. The van der Waals surface area contributed by atoms with Crippen molar-refractivity contribution in [3.63, 3.8) is 0 Å². The van der Waals surface area contributed by atoms with Crippen LogP contribution in [0.4, 0.5) is 0 Å². The summed E-state index contributed by atoms with van der Waals surface area (Å²) in [5, 5.41) is 2.84. The highest BCUT2D eigenvalue weighted by molar-refractivity contribution is 5.92. The number of nitrogens with zero attached hydrogens (tertiary/aromatic N) is 2. The number of nitrogens with one attached hydrogen (secondary N) is 1. The third kappa shape index (κ3) is 5.88. The largest absolute Gasteiger partial charge is 0.497 e. The molecule has 0 saturated heterocycles. The van der Waals surface area contributed by atoms with Crippen molar-refractivity contribution in [3.8, 4) is 11.5 Å². The van der Waals surface area contributed by atoms with E-state index in [0.29, 0.717) is 19.0 Å². The van der Waals surface area contributed by atoms with Crippen LogP contribution in [0.15, 0.2) is 59.2 Å². The van der Waals surface area contributed by atoms with Crippen LogP contribution < -0.4 is 14.8 Å². The van der Waals surface area contributed by atoms with Gasteiger partial charge < -0.3 is 19.2 Å². The molecule has 7 nitrogen and oxygen atoms in total. The molecule has 0 aliphatic rings. The summed E-state index contributed by atoms with van der Waals surface area (Å²) in [6.07, 6.45) is 1.41. The number of carbonyl (C=O) groups excluding carboxylic acids is 1. The molecule has 0 spiro atoms. The van der Waals surface area contributed by atoms with Gasteiger partial charge in [0.05, 0.1) is 20.8 Å². The van der Waals surface area contributed by atoms with E-state index in [1.54, 1.807) is 14.2 Å². The molecule has 1 atom stereocenters. The molecule has 0 aliphatic carbocycles. The molecule has 0 aliphatic heterocycles. The molecule has 3 aromatic rings. The first-order valence-electron chi connectivity index (χ1n) is 10.7. The fourth-order valence-electron chi connectivity index (χ4n) is 3.49. The molecule has 1 aromatic heterocycles. The summed E-state index contributed by atoms with van der Waals surface area (Å²) >= 11 is 0. The van der Waals surface area contributed by atoms with E-state index in [1.165, 1.54) is 11.8 Å². The van der Waals surface area contributed by atoms with E-state index in [-0.39, 0.29) is 23.7 Å². The quantitative estimate of drug-likeness (QED) is 0.500. The third-order valence-corrected chi connectivity index (χ3v) is 5.23. The molecule has 1 unspecified atom stereocenters. The Morgan fingerprint density at radius 2 is 1.81 bits per heavy atom. The molecule has 0 fully saturated rings. The first-order valence-corrected chi connectivity index (χ1v) is 10.7. The minimum atomic E-state index is -0.243. The molecule has 7 heteroatoms. The summed E-state index contributed by atoms with van der Waals surface area (Å²) in [6, 6.07) is 16.1. The van der Waals surface area contributed by atoms with Crippen molar-refractivity contribution in [1.29, 1.82) is 0 Å². The first kappa shape index (κ1) is 23.3. The number of methoxy groups -OCH3 is 2. The van der Waals surface area contributed by atoms with E-state index in [2.05, 4.69) is 34.3 Å². The number of oxazole rings is 1. The third-order valence-electron chi connectivity index (χ3n) is 5.23. The lowest BCUT2D eigenvalue weighted by Gasteiger charge is -2.29. The smallest absolute Gasteiger partial charge is 0.273 e. The fourth-order valence-corrected chi connectivity index (χ4v) is 3.49. The van der Waals surface area contributed by atoms with E-state index in [0.717, 1.165) is 17.1 Å². The molecular weight excluding hydrogens is 406 g/mol. The maximum atomic E-state index is 12.3. The molecule has 2 aromatic carbocycles. The molecule has 1 heterocycles. The minimum absolute atomic E-state index is 0.0257. The van der Waals surface area contributed by atoms with Gasteiger partial charge in [0.2, 0.25) is 5.89 Å². The lowest BCUT2D eigenvalue weighted by molar-refractivity contribution is 0.0938. The number of ether oxygens (including phenoxy) is 2. The van der Waals surface area contributed by atoms with Crippen LogP contribution in [0.3, 0.4) is 0 Å². The number of carbonyl (C=O) groups is 1. The fraction of sp³-hybridized carbons (Fsp3) is 0.360. The second kappa shape index (κ2) is 10.8. The van der Waals surface area contributed by atoms with E-state index in [4.69, 9.17) is 13.9 Å². The van der Waals surface area contributed by atoms with E-state index in [1.807, 2.05) is 50.2 Å². The minimum Gasteiger partial charge on any atom is -0.497 e. The second-order valence-electron chi connectivity index (χ2n) is 7.92. The number of aromatic nitrogens is 1. The van der Waals surface area contributed by atoms with Crippen LogP contribution in [0.2, 0.25) is 0 Å². The molecule has 0 saturated carbocycles. The van der Waals surface area contributed by atoms with Crippen LogP contribution in [0.25, 0.3) is 0 Å². The Bertz CT molecular complexity index is 1020. The van der Waals surface area contributed by atoms with E-state index < -0.39 is 0 Å². The normalized spacial score (nSPS) is 12.1. The molecule has 1 amide bonds. The summed E-state index contributed by atoms with van der Waals surface area (Å²) in [4.78, 5) is 18.9. The summed E-state index contributed by atoms with van der Waals surface area (Å²) in [6.45, 7) is 6.95. The number of rotatable bonds is 10. The summed E-state index contributed by atoms with van der Waals surface area (Å²) in [7, 11) is 3.30. The Hall–Kier alpha value is -3.32. The molecule has 32 heavy (non-hydrogen) atoms. The Morgan fingerprint density at radius 3 is 2.47 bits per heavy atom. The zero-order valence-corrected chi connectivity index (χ0v) is 19.3. The van der Waals surface area contributed by atoms with Crippen molar-refractivity contribution >= 4 is 5.91 Å². The van der Waals surface area contributed by atoms with Gasteiger partial charge in [-0.25, -0.2) is 4.98 Å². The number of hydrogen-bond acceptors (Lipinski definition) is 6. The van der Waals surface area contributed by atoms with Crippen LogP contribution in [0, 0.1) is 0 Å². The maximum Gasteiger partial charge on any atom is 0.273 e. The van der Waals surface area contributed by atoms with Crippen LogP contribution in [0.1, 0.15) is 54.3 Å². The molecule has 3 rings (SSSR count). The Morgan fingerprint density at radius 1 is 1.06 bits per heavy atom. The van der Waals surface area contributed by atoms with Gasteiger partial charge in [0.1, 0.15) is 17.8 Å². The van der Waals surface area contributed by atoms with Crippen molar-refractivity contribution in [2.24, 2.45) is 0 Å². The van der Waals surface area contributed by atoms with Gasteiger partial charge >= 0.3 is 0 Å². The van der Waals surface area contributed by atoms with Crippen molar-refractivity contribution in [2.45, 2.75) is 45.9 Å². The molecule has 170 valence electrons. The average molecular weight is 438 g/mol. The van der Waals surface area contributed by atoms with Crippen molar-refractivity contribution < 1.29 is 18.7 Å². The lowest BCUT2D eigenvalue weighted by Crippen LogP contribution is -2.30. The SMILES string of the molecule is COc1ccc(OC)c(CN(Cc2nc(C(=O)NC(C)C)co2)C(C)c2ccccc2)c1. The van der Waals surface area contributed by atoms with E-state index in [9.17, 15) is 4.79 Å². The number of amides is 1. The molecule has 1 N–H and O–H groups in total. The van der Waals surface area contributed by atoms with Gasteiger partial charge in [0.25, 0.3) is 5.91 Å². The lowest BCUT2D eigenvalue weighted by atomic mass is 10.1. The monoisotopic (exact) mass is 437 g/mol. The Balaban J connectivity index is 1.89. The van der Waals surface area contributed by atoms with Gasteiger partial charge in [-0.3, -0.25) is 9.69 Å². The highest BCUT2D eigenvalue weighted by Gasteiger charge is 2.22. The van der Waals surface area contributed by atoms with Crippen molar-refractivity contribution in [1.82, 2.24) is 15.2 Å². The summed E-state index contributed by atoms with van der Waals surface area (Å²) in [5.41, 5.74) is 2.43. The average Bonchev–Trinajstić information content (AvgIpc) is 3.27. The standard InChI is InChI=1S/C25H31N3O4/c1-17(2)26-25(29)22-16-32-24(27-22)15-28(18(3)19-9-7-6-8-10-19)14-20-13-21(30-4)11-12-23(20)31-5/h6-13,16-18H,14-15H2,1-5H3,(H,26,29). The summed E-state index contributed by atoms with van der Waals surface area (Å²) < 4.78 is 16.6. The van der Waals surface area contributed by atoms with Gasteiger partial charge in [0.15, 0.2) is 5.69 Å². The molecule has 0 bridgehead atoms. The van der Waals surface area contributed by atoms with Gasteiger partial charge in [-0.1, -0.05) is 30.3 Å². The van der Waals surface area contributed by atoms with Gasteiger partial charge in [-0.15, -0.1) is 0 Å². The zero-order valence-electron chi connectivity index (χ0n) is 19.3. The van der Waals surface area contributed by atoms with Crippen LogP contribution in [0.5, 0.6) is 11.5 Å². The highest BCUT2D eigenvalue weighted by atomic mass is 16.5.